The molecule has 3 heterocycles. The second kappa shape index (κ2) is 10.6. The summed E-state index contributed by atoms with van der Waals surface area (Å²) in [5.41, 5.74) is 1.53. The molecule has 5 aromatic rings. The molecule has 0 atom stereocenters. The SMILES string of the molecule is COc1cc2c(ccn3c2c(CO)c2c4cc(OC)c(O[Si](C)(C)C(C)(C)C)cc4oc(=O)c23)cc1O[Si](C)(C)C(C)(C)C. The van der Waals surface area contributed by atoms with Crippen LogP contribution in [0.4, 0.5) is 0 Å². The van der Waals surface area contributed by atoms with Gasteiger partial charge in [0, 0.05) is 34.0 Å². The summed E-state index contributed by atoms with van der Waals surface area (Å²) in [6, 6.07) is 9.45. The number of hydrogen-bond donors (Lipinski definition) is 1. The molecule has 5 rings (SSSR count). The van der Waals surface area contributed by atoms with Crippen LogP contribution in [0, 0.1) is 0 Å². The van der Waals surface area contributed by atoms with E-state index in [1.807, 2.05) is 30.5 Å². The molecule has 0 radical (unpaired) electrons. The molecule has 8 nitrogen and oxygen atoms in total. The highest BCUT2D eigenvalue weighted by molar-refractivity contribution is 6.75. The van der Waals surface area contributed by atoms with Crippen molar-refractivity contribution in [3.63, 3.8) is 0 Å². The molecule has 44 heavy (non-hydrogen) atoms. The summed E-state index contributed by atoms with van der Waals surface area (Å²) >= 11 is 0. The molecule has 0 fully saturated rings. The van der Waals surface area contributed by atoms with Gasteiger partial charge in [0.25, 0.3) is 16.6 Å². The van der Waals surface area contributed by atoms with Crippen LogP contribution in [0.2, 0.25) is 36.3 Å². The second-order valence-corrected chi connectivity index (χ2v) is 24.0. The average Bonchev–Trinajstić information content (AvgIpc) is 3.26. The summed E-state index contributed by atoms with van der Waals surface area (Å²) in [5.74, 6) is 2.35. The Hall–Kier alpha value is -3.48. The average molecular weight is 636 g/mol. The first-order chi connectivity index (χ1) is 20.3. The molecule has 236 valence electrons. The summed E-state index contributed by atoms with van der Waals surface area (Å²) in [7, 11) is -1.16. The number of aliphatic hydroxyl groups excluding tert-OH is 1. The number of methoxy groups -OCH3 is 2. The summed E-state index contributed by atoms with van der Waals surface area (Å²) in [4.78, 5) is 13.6. The molecule has 0 spiro atoms. The Morgan fingerprint density at radius 3 is 1.80 bits per heavy atom. The monoisotopic (exact) mass is 635 g/mol. The largest absolute Gasteiger partial charge is 0.541 e. The minimum absolute atomic E-state index is 0.00592. The molecule has 0 saturated heterocycles. The minimum Gasteiger partial charge on any atom is -0.541 e. The maximum absolute atomic E-state index is 13.6. The first-order valence-electron chi connectivity index (χ1n) is 15.0. The molecule has 0 aliphatic heterocycles. The van der Waals surface area contributed by atoms with Gasteiger partial charge in [0.15, 0.2) is 11.5 Å². The highest BCUT2D eigenvalue weighted by atomic mass is 28.4. The van der Waals surface area contributed by atoms with Crippen LogP contribution in [-0.2, 0) is 6.61 Å². The van der Waals surface area contributed by atoms with Crippen molar-refractivity contribution in [2.24, 2.45) is 0 Å². The lowest BCUT2D eigenvalue weighted by atomic mass is 10.0. The number of aromatic nitrogens is 1. The van der Waals surface area contributed by atoms with Gasteiger partial charge in [0.05, 0.1) is 26.3 Å². The Kier molecular flexibility index (Phi) is 7.67. The number of pyridine rings is 1. The van der Waals surface area contributed by atoms with Crippen LogP contribution in [0.15, 0.2) is 45.7 Å². The molecule has 0 aliphatic rings. The molecular formula is C34H45NO7Si2. The molecule has 0 aliphatic carbocycles. The zero-order valence-electron chi connectivity index (χ0n) is 28.0. The van der Waals surface area contributed by atoms with Crippen molar-refractivity contribution >= 4 is 54.8 Å². The fraction of sp³-hybridized carbons (Fsp3) is 0.441. The van der Waals surface area contributed by atoms with E-state index in [4.69, 9.17) is 22.7 Å². The van der Waals surface area contributed by atoms with E-state index >= 15 is 0 Å². The third-order valence-electron chi connectivity index (χ3n) is 9.73. The van der Waals surface area contributed by atoms with Gasteiger partial charge in [0.2, 0.25) is 0 Å². The lowest BCUT2D eigenvalue weighted by molar-refractivity contribution is 0.285. The van der Waals surface area contributed by atoms with Crippen molar-refractivity contribution in [3.8, 4) is 23.0 Å². The van der Waals surface area contributed by atoms with Crippen LogP contribution in [0.5, 0.6) is 23.0 Å². The molecule has 1 N–H and O–H groups in total. The number of fused-ring (bicyclic) bond motifs is 7. The van der Waals surface area contributed by atoms with E-state index in [2.05, 4.69) is 67.7 Å². The van der Waals surface area contributed by atoms with E-state index in [0.717, 1.165) is 10.8 Å². The second-order valence-electron chi connectivity index (χ2n) is 14.6. The quantitative estimate of drug-likeness (QED) is 0.141. The zero-order valence-corrected chi connectivity index (χ0v) is 30.0. The molecule has 0 unspecified atom stereocenters. The van der Waals surface area contributed by atoms with E-state index < -0.39 is 22.3 Å². The first kappa shape index (κ1) is 31.9. The Morgan fingerprint density at radius 1 is 0.773 bits per heavy atom. The maximum atomic E-state index is 13.6. The lowest BCUT2D eigenvalue weighted by Gasteiger charge is -2.36. The number of aliphatic hydroxyl groups is 1. The predicted octanol–water partition coefficient (Wildman–Crippen LogP) is 8.63. The molecule has 3 aromatic heterocycles. The Labute approximate surface area is 260 Å². The topological polar surface area (TPSA) is 91.8 Å². The van der Waals surface area contributed by atoms with Gasteiger partial charge in [-0.25, -0.2) is 4.79 Å². The minimum atomic E-state index is -2.23. The molecule has 0 saturated carbocycles. The van der Waals surface area contributed by atoms with Crippen LogP contribution in [0.3, 0.4) is 0 Å². The van der Waals surface area contributed by atoms with Gasteiger partial charge >= 0.3 is 5.63 Å². The lowest BCUT2D eigenvalue weighted by Crippen LogP contribution is -2.43. The molecular weight excluding hydrogens is 591 g/mol. The van der Waals surface area contributed by atoms with Crippen molar-refractivity contribution in [1.29, 1.82) is 0 Å². The highest BCUT2D eigenvalue weighted by Crippen LogP contribution is 2.45. The smallest absolute Gasteiger partial charge is 0.361 e. The van der Waals surface area contributed by atoms with Gasteiger partial charge in [-0.3, -0.25) is 0 Å². The van der Waals surface area contributed by atoms with Gasteiger partial charge in [-0.05, 0) is 65.9 Å². The number of ether oxygens (including phenoxy) is 2. The summed E-state index contributed by atoms with van der Waals surface area (Å²) in [6.45, 7) is 21.5. The summed E-state index contributed by atoms with van der Waals surface area (Å²) in [5, 5.41) is 13.8. The van der Waals surface area contributed by atoms with Crippen molar-refractivity contribution in [2.75, 3.05) is 14.2 Å². The van der Waals surface area contributed by atoms with E-state index in [1.165, 1.54) is 0 Å². The summed E-state index contributed by atoms with van der Waals surface area (Å²) < 4.78 is 32.6. The van der Waals surface area contributed by atoms with E-state index in [9.17, 15) is 9.90 Å². The fourth-order valence-corrected chi connectivity index (χ4v) is 7.13. The van der Waals surface area contributed by atoms with Crippen molar-refractivity contribution in [3.05, 3.63) is 52.5 Å². The zero-order chi connectivity index (χ0) is 32.6. The maximum Gasteiger partial charge on any atom is 0.361 e. The molecule has 10 heteroatoms. The summed E-state index contributed by atoms with van der Waals surface area (Å²) in [6.07, 6.45) is 1.84. The van der Waals surface area contributed by atoms with Crippen molar-refractivity contribution in [2.45, 2.75) is 84.4 Å². The van der Waals surface area contributed by atoms with Crippen LogP contribution in [0.25, 0.3) is 38.2 Å². The van der Waals surface area contributed by atoms with Crippen LogP contribution in [-0.4, -0.2) is 40.4 Å². The standard InChI is InChI=1S/C34H45NO7Si2/c1-33(2,3)43(9,10)41-27-15-20-13-14-35-30(21(20)16-25(27)38-7)23(19-36)29-22-17-26(39-8)28(42-44(11,12)34(4,5)6)18-24(22)40-32(37)31(29)35/h13-18,36H,19H2,1-12H3. The molecule has 2 aromatic carbocycles. The first-order valence-corrected chi connectivity index (χ1v) is 20.8. The van der Waals surface area contributed by atoms with Gasteiger partial charge < -0.3 is 32.3 Å². The van der Waals surface area contributed by atoms with Crippen molar-refractivity contribution < 1.29 is 27.8 Å². The number of nitrogens with zero attached hydrogens (tertiary/aromatic N) is 1. The van der Waals surface area contributed by atoms with Crippen LogP contribution < -0.4 is 24.0 Å². The van der Waals surface area contributed by atoms with Gasteiger partial charge in [-0.15, -0.1) is 0 Å². The van der Waals surface area contributed by atoms with Gasteiger partial charge in [-0.1, -0.05) is 41.5 Å². The Bertz CT molecular complexity index is 1970. The third-order valence-corrected chi connectivity index (χ3v) is 18.4. The Balaban J connectivity index is 1.82. The van der Waals surface area contributed by atoms with E-state index in [0.29, 0.717) is 56.0 Å². The van der Waals surface area contributed by atoms with Crippen molar-refractivity contribution in [1.82, 2.24) is 4.40 Å². The number of rotatable bonds is 7. The normalized spacial score (nSPS) is 13.3. The Morgan fingerprint density at radius 2 is 1.30 bits per heavy atom. The van der Waals surface area contributed by atoms with E-state index in [1.54, 1.807) is 24.7 Å². The van der Waals surface area contributed by atoms with Gasteiger partial charge in [-0.2, -0.15) is 0 Å². The van der Waals surface area contributed by atoms with E-state index in [-0.39, 0.29) is 16.7 Å². The highest BCUT2D eigenvalue weighted by Gasteiger charge is 2.41. The van der Waals surface area contributed by atoms with Crippen LogP contribution in [0.1, 0.15) is 47.1 Å². The van der Waals surface area contributed by atoms with Gasteiger partial charge in [0.1, 0.15) is 22.6 Å². The number of hydrogen-bond acceptors (Lipinski definition) is 7. The third kappa shape index (κ3) is 5.06. The fourth-order valence-electron chi connectivity index (χ4n) is 5.10. The predicted molar refractivity (Wildman–Crippen MR) is 183 cm³/mol. The molecule has 0 bridgehead atoms. The number of benzene rings is 2. The molecule has 0 amide bonds. The van der Waals surface area contributed by atoms with Crippen LogP contribution >= 0.6 is 0 Å².